The van der Waals surface area contributed by atoms with Crippen LogP contribution in [-0.4, -0.2) is 74.0 Å². The highest BCUT2D eigenvalue weighted by molar-refractivity contribution is 7.86. The number of rotatable bonds is 8. The van der Waals surface area contributed by atoms with Gasteiger partial charge in [-0.15, -0.1) is 0 Å². The van der Waals surface area contributed by atoms with Gasteiger partial charge in [-0.1, -0.05) is 13.8 Å². The zero-order valence-corrected chi connectivity index (χ0v) is 24.2. The highest BCUT2D eigenvalue weighted by atomic mass is 32.2. The van der Waals surface area contributed by atoms with Crippen LogP contribution in [0.1, 0.15) is 65.2 Å². The Hall–Kier alpha value is -0.310. The van der Waals surface area contributed by atoms with Gasteiger partial charge in [0.25, 0.3) is 30.4 Å². The number of fused-ring (bicyclic) bond motifs is 2. The summed E-state index contributed by atoms with van der Waals surface area (Å²) in [5.41, 5.74) is -2.45. The molecule has 0 radical (unpaired) electrons. The van der Waals surface area contributed by atoms with Gasteiger partial charge in [-0.3, -0.25) is 12.5 Å². The van der Waals surface area contributed by atoms with Crippen molar-refractivity contribution in [2.24, 2.45) is 34.0 Å². The molecule has 1 N–H and O–H groups in total. The van der Waals surface area contributed by atoms with E-state index in [0.29, 0.717) is 31.6 Å². The molecule has 36 heavy (non-hydrogen) atoms. The maximum Gasteiger partial charge on any atom is 0.264 e. The Kier molecular flexibility index (Phi) is 7.06. The number of hydrogen-bond acceptors (Lipinski definition) is 10. The highest BCUT2D eigenvalue weighted by Gasteiger charge is 2.71. The molecular formula is C23H40O10S3. The topological polar surface area (TPSA) is 150 Å². The van der Waals surface area contributed by atoms with E-state index in [9.17, 15) is 30.4 Å². The summed E-state index contributed by atoms with van der Waals surface area (Å²) in [4.78, 5) is 0. The molecule has 0 heterocycles. The lowest BCUT2D eigenvalue weighted by atomic mass is 9.39. The van der Waals surface area contributed by atoms with E-state index in [2.05, 4.69) is 6.92 Å². The summed E-state index contributed by atoms with van der Waals surface area (Å²) in [7, 11) is -11.2. The fourth-order valence-corrected chi connectivity index (χ4v) is 10.3. The van der Waals surface area contributed by atoms with Crippen molar-refractivity contribution in [3.63, 3.8) is 0 Å². The summed E-state index contributed by atoms with van der Waals surface area (Å²) in [6, 6.07) is 0. The van der Waals surface area contributed by atoms with Crippen LogP contribution in [0.15, 0.2) is 0 Å². The fourth-order valence-electron chi connectivity index (χ4n) is 8.69. The Labute approximate surface area is 215 Å². The molecule has 1 spiro atoms. The summed E-state index contributed by atoms with van der Waals surface area (Å²) in [5, 5.41) is 11.4. The van der Waals surface area contributed by atoms with E-state index < -0.39 is 47.5 Å². The van der Waals surface area contributed by atoms with Gasteiger partial charge in [0, 0.05) is 5.41 Å². The van der Waals surface area contributed by atoms with Gasteiger partial charge >= 0.3 is 0 Å². The Morgan fingerprint density at radius 2 is 1.39 bits per heavy atom. The van der Waals surface area contributed by atoms with Gasteiger partial charge < -0.3 is 5.11 Å². The van der Waals surface area contributed by atoms with Crippen molar-refractivity contribution in [2.75, 3.05) is 32.0 Å². The molecule has 210 valence electrons. The van der Waals surface area contributed by atoms with Crippen LogP contribution in [0.3, 0.4) is 0 Å². The van der Waals surface area contributed by atoms with Crippen LogP contribution in [0.5, 0.6) is 0 Å². The number of hydrogen-bond donors (Lipinski definition) is 1. The molecule has 0 aromatic heterocycles. The van der Waals surface area contributed by atoms with Crippen LogP contribution < -0.4 is 0 Å². The van der Waals surface area contributed by atoms with E-state index >= 15 is 0 Å². The van der Waals surface area contributed by atoms with Crippen LogP contribution in [0.4, 0.5) is 0 Å². The first-order valence-corrected chi connectivity index (χ1v) is 18.0. The molecule has 4 aliphatic rings. The summed E-state index contributed by atoms with van der Waals surface area (Å²) in [5.74, 6) is 0.182. The maximum atomic E-state index is 12.1. The third-order valence-electron chi connectivity index (χ3n) is 10.3. The zero-order chi connectivity index (χ0) is 27.0. The molecule has 8 atom stereocenters. The van der Waals surface area contributed by atoms with Gasteiger partial charge in [0.05, 0.1) is 43.7 Å². The normalized spacial score (nSPS) is 45.2. The predicted octanol–water partition coefficient (Wildman–Crippen LogP) is 2.04. The molecule has 0 unspecified atom stereocenters. The van der Waals surface area contributed by atoms with Crippen LogP contribution in [0, 0.1) is 34.0 Å². The van der Waals surface area contributed by atoms with Crippen molar-refractivity contribution in [1.29, 1.82) is 0 Å². The molecule has 4 fully saturated rings. The Bertz CT molecular complexity index is 1200. The van der Waals surface area contributed by atoms with Crippen molar-refractivity contribution in [2.45, 2.75) is 76.9 Å². The van der Waals surface area contributed by atoms with Crippen molar-refractivity contribution >= 4 is 30.4 Å². The molecule has 0 aromatic rings. The minimum Gasteiger partial charge on any atom is -0.387 e. The van der Waals surface area contributed by atoms with Crippen LogP contribution >= 0.6 is 0 Å². The average Bonchev–Trinajstić information content (AvgIpc) is 3.06. The van der Waals surface area contributed by atoms with E-state index in [4.69, 9.17) is 12.5 Å². The average molecular weight is 573 g/mol. The molecule has 4 saturated carbocycles. The molecular weight excluding hydrogens is 532 g/mol. The second kappa shape index (κ2) is 8.85. The van der Waals surface area contributed by atoms with Gasteiger partial charge in [0.2, 0.25) is 0 Å². The standard InChI is InChI=1S/C23H40O10S3/c1-20(14-31-34(3,25)26)18-7-6-16-12-17-13-22(16,10-11-23(17,24)15-32-35(4,27)28)21(18,2)9-8-19(20)33-36(5,29)30/h16-19,24H,6-15H2,1-5H3/t16-,17+,18-,19+,20-,21-,22-,23-/m0/s1. The summed E-state index contributed by atoms with van der Waals surface area (Å²) < 4.78 is 87.2. The third kappa shape index (κ3) is 5.02. The van der Waals surface area contributed by atoms with Gasteiger partial charge in [0.15, 0.2) is 0 Å². The first-order chi connectivity index (χ1) is 16.2. The van der Waals surface area contributed by atoms with Gasteiger partial charge in [-0.25, -0.2) is 0 Å². The summed E-state index contributed by atoms with van der Waals surface area (Å²) in [6.07, 6.45) is 7.70. The maximum absolute atomic E-state index is 12.1. The molecule has 10 nitrogen and oxygen atoms in total. The lowest BCUT2D eigenvalue weighted by Gasteiger charge is -2.66. The van der Waals surface area contributed by atoms with Gasteiger partial charge in [-0.05, 0) is 80.0 Å². The zero-order valence-electron chi connectivity index (χ0n) is 21.7. The predicted molar refractivity (Wildman–Crippen MR) is 132 cm³/mol. The Morgan fingerprint density at radius 3 is 1.97 bits per heavy atom. The lowest BCUT2D eigenvalue weighted by molar-refractivity contribution is -0.208. The molecule has 2 bridgehead atoms. The largest absolute Gasteiger partial charge is 0.387 e. The Balaban J connectivity index is 1.68. The fraction of sp³-hybridized carbons (Fsp3) is 1.00. The minimum absolute atomic E-state index is 0.0549. The van der Waals surface area contributed by atoms with Crippen LogP contribution in [0.2, 0.25) is 0 Å². The van der Waals surface area contributed by atoms with E-state index in [1.54, 1.807) is 0 Å². The molecule has 13 heteroatoms. The monoisotopic (exact) mass is 572 g/mol. The first-order valence-electron chi connectivity index (χ1n) is 12.5. The van der Waals surface area contributed by atoms with E-state index in [0.717, 1.165) is 44.5 Å². The second-order valence-corrected chi connectivity index (χ2v) is 17.3. The van der Waals surface area contributed by atoms with Crippen LogP contribution in [-0.2, 0) is 42.9 Å². The van der Waals surface area contributed by atoms with Crippen molar-refractivity contribution in [3.8, 4) is 0 Å². The number of aliphatic hydroxyl groups is 1. The smallest absolute Gasteiger partial charge is 0.264 e. The van der Waals surface area contributed by atoms with E-state index in [1.165, 1.54) is 0 Å². The highest BCUT2D eigenvalue weighted by Crippen LogP contribution is 2.75. The van der Waals surface area contributed by atoms with Crippen molar-refractivity contribution < 1.29 is 42.9 Å². The molecule has 0 aromatic carbocycles. The van der Waals surface area contributed by atoms with E-state index in [1.807, 2.05) is 6.92 Å². The lowest BCUT2D eigenvalue weighted by Crippen LogP contribution is -2.63. The molecule has 0 aliphatic heterocycles. The molecule has 4 aliphatic carbocycles. The molecule has 0 amide bonds. The second-order valence-electron chi connectivity index (χ2n) is 12.4. The summed E-state index contributed by atoms with van der Waals surface area (Å²) >= 11 is 0. The molecule has 4 rings (SSSR count). The minimum atomic E-state index is -3.78. The first kappa shape index (κ1) is 28.7. The van der Waals surface area contributed by atoms with E-state index in [-0.39, 0.29) is 35.9 Å². The van der Waals surface area contributed by atoms with Gasteiger partial charge in [0.1, 0.15) is 0 Å². The van der Waals surface area contributed by atoms with Crippen molar-refractivity contribution in [1.82, 2.24) is 0 Å². The van der Waals surface area contributed by atoms with Crippen molar-refractivity contribution in [3.05, 3.63) is 0 Å². The van der Waals surface area contributed by atoms with Gasteiger partial charge in [-0.2, -0.15) is 25.3 Å². The van der Waals surface area contributed by atoms with Crippen LogP contribution in [0.25, 0.3) is 0 Å². The SMILES string of the molecule is C[C@@]1(COS(C)(=O)=O)[C@H](OS(C)(=O)=O)CC[C@@]2(C)[C@H]1CC[C@H]1C[C@@H]3C[C@@]12CC[C@]3(O)COS(C)(=O)=O. The Morgan fingerprint density at radius 1 is 0.778 bits per heavy atom. The quantitative estimate of drug-likeness (QED) is 0.428. The third-order valence-corrected chi connectivity index (χ3v) is 12.0. The molecule has 0 saturated heterocycles. The summed E-state index contributed by atoms with van der Waals surface area (Å²) in [6.45, 7) is 3.71.